The summed E-state index contributed by atoms with van der Waals surface area (Å²) in [5.74, 6) is 0. The lowest BCUT2D eigenvalue weighted by molar-refractivity contribution is 1.04. The highest BCUT2D eigenvalue weighted by molar-refractivity contribution is 14.1. The Hall–Kier alpha value is 0.360. The zero-order valence-corrected chi connectivity index (χ0v) is 8.41. The first kappa shape index (κ1) is 7.47. The van der Waals surface area contributed by atoms with Gasteiger partial charge in [0.05, 0.1) is 13.6 Å². The summed E-state index contributed by atoms with van der Waals surface area (Å²) in [5, 5.41) is 1.18. The van der Waals surface area contributed by atoms with Crippen LogP contribution in [0.5, 0.6) is 0 Å². The summed E-state index contributed by atoms with van der Waals surface area (Å²) >= 11 is 4.11. The van der Waals surface area contributed by atoms with Crippen molar-refractivity contribution >= 4 is 33.9 Å². The molecular formula is C6H8INS. The molecular weight excluding hydrogens is 245 g/mol. The standard InChI is InChI=1S/C6H8INS/c1-3-5-6(7)9-4(2)8-5/h3H2,1-2H3. The van der Waals surface area contributed by atoms with Crippen molar-refractivity contribution in [3.05, 3.63) is 13.6 Å². The molecule has 1 nitrogen and oxygen atoms in total. The predicted octanol–water partition coefficient (Wildman–Crippen LogP) is 2.62. The fraction of sp³-hybridized carbons (Fsp3) is 0.500. The van der Waals surface area contributed by atoms with Gasteiger partial charge in [-0.15, -0.1) is 11.3 Å². The fourth-order valence-electron chi connectivity index (χ4n) is 0.663. The molecule has 0 saturated heterocycles. The minimum Gasteiger partial charge on any atom is -0.245 e. The molecule has 1 aromatic rings. The Kier molecular flexibility index (Phi) is 2.46. The highest BCUT2D eigenvalue weighted by atomic mass is 127. The Morgan fingerprint density at radius 2 is 2.33 bits per heavy atom. The number of nitrogens with zero attached hydrogens (tertiary/aromatic N) is 1. The third kappa shape index (κ3) is 1.64. The lowest BCUT2D eigenvalue weighted by Gasteiger charge is -1.84. The minimum absolute atomic E-state index is 1.06. The lowest BCUT2D eigenvalue weighted by atomic mass is 10.4. The van der Waals surface area contributed by atoms with Gasteiger partial charge in [0.1, 0.15) is 0 Å². The number of aromatic nitrogens is 1. The van der Waals surface area contributed by atoms with Gasteiger partial charge in [-0.1, -0.05) is 6.92 Å². The molecule has 1 aromatic heterocycles. The van der Waals surface area contributed by atoms with Crippen LogP contribution in [0.2, 0.25) is 0 Å². The van der Waals surface area contributed by atoms with E-state index in [0.717, 1.165) is 6.42 Å². The Labute approximate surface area is 72.6 Å². The molecule has 0 aromatic carbocycles. The summed E-state index contributed by atoms with van der Waals surface area (Å²) in [6.45, 7) is 4.18. The molecule has 1 rings (SSSR count). The largest absolute Gasteiger partial charge is 0.245 e. The van der Waals surface area contributed by atoms with Gasteiger partial charge in [0.15, 0.2) is 0 Å². The van der Waals surface area contributed by atoms with Crippen molar-refractivity contribution in [1.82, 2.24) is 4.98 Å². The van der Waals surface area contributed by atoms with Gasteiger partial charge in [-0.2, -0.15) is 0 Å². The van der Waals surface area contributed by atoms with Crippen LogP contribution < -0.4 is 0 Å². The van der Waals surface area contributed by atoms with Crippen LogP contribution in [0.25, 0.3) is 0 Å². The molecule has 0 saturated carbocycles. The van der Waals surface area contributed by atoms with Gasteiger partial charge in [0.25, 0.3) is 0 Å². The van der Waals surface area contributed by atoms with E-state index in [4.69, 9.17) is 0 Å². The van der Waals surface area contributed by atoms with E-state index in [-0.39, 0.29) is 0 Å². The molecule has 0 fully saturated rings. The van der Waals surface area contributed by atoms with Gasteiger partial charge in [-0.05, 0) is 35.9 Å². The third-order valence-corrected chi connectivity index (χ3v) is 3.18. The molecule has 0 amide bonds. The van der Waals surface area contributed by atoms with Gasteiger partial charge in [0, 0.05) is 0 Å². The van der Waals surface area contributed by atoms with E-state index in [1.54, 1.807) is 11.3 Å². The lowest BCUT2D eigenvalue weighted by Crippen LogP contribution is -1.80. The second-order valence-electron chi connectivity index (χ2n) is 1.81. The van der Waals surface area contributed by atoms with Crippen LogP contribution in [0.3, 0.4) is 0 Å². The number of aryl methyl sites for hydroxylation is 2. The molecule has 0 N–H and O–H groups in total. The van der Waals surface area contributed by atoms with Crippen LogP contribution in [-0.4, -0.2) is 4.98 Å². The number of hydrogen-bond acceptors (Lipinski definition) is 2. The highest BCUT2D eigenvalue weighted by Crippen LogP contribution is 2.19. The van der Waals surface area contributed by atoms with E-state index in [2.05, 4.69) is 34.5 Å². The van der Waals surface area contributed by atoms with E-state index >= 15 is 0 Å². The van der Waals surface area contributed by atoms with Crippen molar-refractivity contribution in [2.75, 3.05) is 0 Å². The first-order chi connectivity index (χ1) is 4.24. The molecule has 0 unspecified atom stereocenters. The predicted molar refractivity (Wildman–Crippen MR) is 48.9 cm³/mol. The van der Waals surface area contributed by atoms with Gasteiger partial charge in [0.2, 0.25) is 0 Å². The average molecular weight is 253 g/mol. The van der Waals surface area contributed by atoms with Crippen molar-refractivity contribution in [3.63, 3.8) is 0 Å². The summed E-state index contributed by atoms with van der Waals surface area (Å²) in [5.41, 5.74) is 1.25. The Bertz CT molecular complexity index is 207. The number of rotatable bonds is 1. The normalized spacial score (nSPS) is 10.1. The van der Waals surface area contributed by atoms with E-state index in [1.807, 2.05) is 6.92 Å². The first-order valence-corrected chi connectivity index (χ1v) is 4.75. The molecule has 0 spiro atoms. The molecule has 3 heteroatoms. The van der Waals surface area contributed by atoms with Crippen molar-refractivity contribution in [1.29, 1.82) is 0 Å². The van der Waals surface area contributed by atoms with Crippen molar-refractivity contribution in [2.24, 2.45) is 0 Å². The smallest absolute Gasteiger partial charge is 0.0908 e. The van der Waals surface area contributed by atoms with E-state index in [1.165, 1.54) is 13.6 Å². The highest BCUT2D eigenvalue weighted by Gasteiger charge is 2.01. The first-order valence-electron chi connectivity index (χ1n) is 2.86. The monoisotopic (exact) mass is 253 g/mol. The number of hydrogen-bond donors (Lipinski definition) is 0. The van der Waals surface area contributed by atoms with Crippen LogP contribution in [0.4, 0.5) is 0 Å². The molecule has 0 bridgehead atoms. The van der Waals surface area contributed by atoms with Crippen molar-refractivity contribution in [2.45, 2.75) is 20.3 Å². The van der Waals surface area contributed by atoms with Gasteiger partial charge < -0.3 is 0 Å². The Morgan fingerprint density at radius 1 is 1.67 bits per heavy atom. The Morgan fingerprint density at radius 3 is 2.56 bits per heavy atom. The van der Waals surface area contributed by atoms with Crippen LogP contribution in [0.1, 0.15) is 17.6 Å². The zero-order chi connectivity index (χ0) is 6.85. The van der Waals surface area contributed by atoms with Crippen LogP contribution >= 0.6 is 33.9 Å². The molecule has 0 aliphatic carbocycles. The van der Waals surface area contributed by atoms with Crippen molar-refractivity contribution < 1.29 is 0 Å². The number of thiazole rings is 1. The molecule has 0 radical (unpaired) electrons. The zero-order valence-electron chi connectivity index (χ0n) is 5.44. The van der Waals surface area contributed by atoms with Crippen LogP contribution in [-0.2, 0) is 6.42 Å². The van der Waals surface area contributed by atoms with Gasteiger partial charge >= 0.3 is 0 Å². The average Bonchev–Trinajstić information content (AvgIpc) is 2.10. The van der Waals surface area contributed by atoms with E-state index in [9.17, 15) is 0 Å². The van der Waals surface area contributed by atoms with Crippen LogP contribution in [0, 0.1) is 9.81 Å². The third-order valence-electron chi connectivity index (χ3n) is 1.09. The van der Waals surface area contributed by atoms with Gasteiger partial charge in [-0.25, -0.2) is 4.98 Å². The molecule has 50 valence electrons. The summed E-state index contributed by atoms with van der Waals surface area (Å²) in [7, 11) is 0. The van der Waals surface area contributed by atoms with Gasteiger partial charge in [-0.3, -0.25) is 0 Å². The summed E-state index contributed by atoms with van der Waals surface area (Å²) in [6, 6.07) is 0. The maximum absolute atomic E-state index is 4.34. The number of halogens is 1. The fourth-order valence-corrected chi connectivity index (χ4v) is 2.84. The SMILES string of the molecule is CCc1nc(C)sc1I. The molecule has 0 aliphatic heterocycles. The molecule has 9 heavy (non-hydrogen) atoms. The quantitative estimate of drug-likeness (QED) is 0.701. The second-order valence-corrected chi connectivity index (χ2v) is 4.82. The maximum Gasteiger partial charge on any atom is 0.0908 e. The topological polar surface area (TPSA) is 12.9 Å². The minimum atomic E-state index is 1.06. The van der Waals surface area contributed by atoms with Crippen LogP contribution in [0.15, 0.2) is 0 Å². The second kappa shape index (κ2) is 2.96. The maximum atomic E-state index is 4.34. The molecule has 1 heterocycles. The summed E-state index contributed by atoms with van der Waals surface area (Å²) in [6.07, 6.45) is 1.06. The summed E-state index contributed by atoms with van der Waals surface area (Å²) in [4.78, 5) is 4.34. The summed E-state index contributed by atoms with van der Waals surface area (Å²) < 4.78 is 1.34. The Balaban J connectivity index is 3.01. The molecule has 0 aliphatic rings. The van der Waals surface area contributed by atoms with E-state index < -0.39 is 0 Å². The van der Waals surface area contributed by atoms with E-state index in [0.29, 0.717) is 0 Å². The molecule has 0 atom stereocenters. The van der Waals surface area contributed by atoms with Crippen molar-refractivity contribution in [3.8, 4) is 0 Å².